The Bertz CT molecular complexity index is 311. The van der Waals surface area contributed by atoms with Gasteiger partial charge in [0.2, 0.25) is 0 Å². The second-order valence-corrected chi connectivity index (χ2v) is 4.13. The number of aliphatic hydroxyl groups excluding tert-OH is 1. The van der Waals surface area contributed by atoms with E-state index in [4.69, 9.17) is 9.84 Å². The van der Waals surface area contributed by atoms with Gasteiger partial charge in [0.25, 0.3) is 0 Å². The van der Waals surface area contributed by atoms with E-state index in [0.29, 0.717) is 19.4 Å². The molecule has 5 nitrogen and oxygen atoms in total. The van der Waals surface area contributed by atoms with Crippen molar-refractivity contribution in [3.8, 4) is 0 Å². The number of carbonyl (C=O) groups is 1. The summed E-state index contributed by atoms with van der Waals surface area (Å²) in [6.07, 6.45) is 0.746. The molecular weight excluding hydrogens is 200 g/mol. The van der Waals surface area contributed by atoms with Gasteiger partial charge in [-0.15, -0.1) is 0 Å². The molecule has 1 aliphatic carbocycles. The highest BCUT2D eigenvalue weighted by Gasteiger charge is 2.45. The maximum absolute atomic E-state index is 10.8. The van der Waals surface area contributed by atoms with Crippen molar-refractivity contribution in [2.24, 2.45) is 0 Å². The van der Waals surface area contributed by atoms with Crippen LogP contribution in [-0.4, -0.2) is 45.7 Å². The summed E-state index contributed by atoms with van der Waals surface area (Å²) < 4.78 is 5.32. The summed E-state index contributed by atoms with van der Waals surface area (Å²) in [6, 6.07) is 0. The summed E-state index contributed by atoms with van der Waals surface area (Å²) in [5.41, 5.74) is -1.32. The highest BCUT2D eigenvalue weighted by Crippen LogP contribution is 2.35. The Morgan fingerprint density at radius 3 is 3.00 bits per heavy atom. The Labute approximate surface area is 87.0 Å². The first-order chi connectivity index (χ1) is 7.03. The summed E-state index contributed by atoms with van der Waals surface area (Å²) in [6.45, 7) is 0.449. The van der Waals surface area contributed by atoms with Crippen molar-refractivity contribution in [2.75, 3.05) is 6.61 Å². The number of fused-ring (bicyclic) bond motifs is 2. The molecule has 0 aromatic rings. The van der Waals surface area contributed by atoms with Gasteiger partial charge >= 0.3 is 5.97 Å². The normalized spacial score (nSPS) is 40.5. The first-order valence-corrected chi connectivity index (χ1v) is 5.00. The summed E-state index contributed by atoms with van der Waals surface area (Å²) >= 11 is 0. The molecular formula is C10H14O5. The summed E-state index contributed by atoms with van der Waals surface area (Å²) in [5, 5.41) is 28.8. The lowest BCUT2D eigenvalue weighted by Crippen LogP contribution is -2.50. The molecule has 5 heteroatoms. The first kappa shape index (κ1) is 10.6. The van der Waals surface area contributed by atoms with Crippen LogP contribution in [0.1, 0.15) is 19.3 Å². The van der Waals surface area contributed by atoms with Crippen molar-refractivity contribution >= 4 is 5.97 Å². The summed E-state index contributed by atoms with van der Waals surface area (Å²) in [4.78, 5) is 10.8. The van der Waals surface area contributed by atoms with Crippen LogP contribution >= 0.6 is 0 Å². The van der Waals surface area contributed by atoms with Gasteiger partial charge in [-0.1, -0.05) is 0 Å². The van der Waals surface area contributed by atoms with Crippen molar-refractivity contribution in [1.29, 1.82) is 0 Å². The lowest BCUT2D eigenvalue weighted by atomic mass is 9.80. The van der Waals surface area contributed by atoms with Gasteiger partial charge in [-0.05, 0) is 18.9 Å². The van der Waals surface area contributed by atoms with Crippen molar-refractivity contribution in [3.05, 3.63) is 11.6 Å². The summed E-state index contributed by atoms with van der Waals surface area (Å²) in [5.74, 6) is -1.06. The molecule has 0 aromatic heterocycles. The number of hydrogen-bond acceptors (Lipinski definition) is 4. The fourth-order valence-electron chi connectivity index (χ4n) is 2.21. The van der Waals surface area contributed by atoms with Gasteiger partial charge < -0.3 is 20.1 Å². The molecule has 0 aromatic carbocycles. The molecule has 0 amide bonds. The third-order valence-corrected chi connectivity index (χ3v) is 3.04. The van der Waals surface area contributed by atoms with Gasteiger partial charge in [0, 0.05) is 18.6 Å². The lowest BCUT2D eigenvalue weighted by molar-refractivity contribution is -0.137. The molecule has 1 heterocycles. The maximum Gasteiger partial charge on any atom is 0.331 e. The highest BCUT2D eigenvalue weighted by molar-refractivity contribution is 5.87. The Morgan fingerprint density at radius 1 is 1.60 bits per heavy atom. The van der Waals surface area contributed by atoms with E-state index in [9.17, 15) is 15.0 Å². The van der Waals surface area contributed by atoms with Crippen LogP contribution < -0.4 is 0 Å². The molecule has 0 spiro atoms. The molecule has 1 fully saturated rings. The lowest BCUT2D eigenvalue weighted by Gasteiger charge is -2.36. The van der Waals surface area contributed by atoms with Gasteiger partial charge in [-0.2, -0.15) is 0 Å². The molecule has 15 heavy (non-hydrogen) atoms. The molecule has 1 saturated heterocycles. The Morgan fingerprint density at radius 2 is 2.33 bits per heavy atom. The monoisotopic (exact) mass is 214 g/mol. The molecule has 1 aliphatic heterocycles. The van der Waals surface area contributed by atoms with Gasteiger partial charge in [0.05, 0.1) is 6.10 Å². The van der Waals surface area contributed by atoms with Crippen LogP contribution in [0, 0.1) is 0 Å². The maximum atomic E-state index is 10.8. The number of aliphatic carboxylic acids is 1. The van der Waals surface area contributed by atoms with Crippen LogP contribution in [0.2, 0.25) is 0 Å². The van der Waals surface area contributed by atoms with E-state index in [-0.39, 0.29) is 12.0 Å². The zero-order chi connectivity index (χ0) is 11.1. The minimum absolute atomic E-state index is 0.120. The Hall–Kier alpha value is -0.910. The van der Waals surface area contributed by atoms with Crippen LogP contribution in [0.15, 0.2) is 11.6 Å². The molecule has 3 N–H and O–H groups in total. The molecule has 84 valence electrons. The molecule has 2 bridgehead atoms. The SMILES string of the molecule is O=C(O)C1=C[C@@]2(O)CCCO[C@H](C1)[C@@H]2O. The largest absolute Gasteiger partial charge is 0.478 e. The second-order valence-electron chi connectivity index (χ2n) is 4.13. The minimum atomic E-state index is -1.44. The van der Waals surface area contributed by atoms with Gasteiger partial charge in [-0.25, -0.2) is 4.79 Å². The van der Waals surface area contributed by atoms with E-state index in [1.807, 2.05) is 0 Å². The molecule has 0 radical (unpaired) electrons. The zero-order valence-corrected chi connectivity index (χ0v) is 8.22. The molecule has 0 saturated carbocycles. The van der Waals surface area contributed by atoms with E-state index >= 15 is 0 Å². The standard InChI is InChI=1S/C10H14O5/c11-8-7-4-6(9(12)13)5-10(8,14)2-1-3-15-7/h5,7-8,11,14H,1-4H2,(H,12,13)/t7-,8+,10+/m1/s1. The molecule has 2 rings (SSSR count). The fourth-order valence-corrected chi connectivity index (χ4v) is 2.21. The van der Waals surface area contributed by atoms with Gasteiger partial charge in [0.15, 0.2) is 0 Å². The highest BCUT2D eigenvalue weighted by atomic mass is 16.5. The number of aliphatic hydroxyl groups is 2. The average molecular weight is 214 g/mol. The predicted molar refractivity (Wildman–Crippen MR) is 50.3 cm³/mol. The number of ether oxygens (including phenoxy) is 1. The fraction of sp³-hybridized carbons (Fsp3) is 0.700. The number of carboxylic acids is 1. The van der Waals surface area contributed by atoms with Gasteiger partial charge in [0.1, 0.15) is 11.7 Å². The molecule has 0 unspecified atom stereocenters. The Kier molecular flexibility index (Phi) is 2.54. The quantitative estimate of drug-likeness (QED) is 0.556. The molecule has 2 aliphatic rings. The van der Waals surface area contributed by atoms with Crippen molar-refractivity contribution < 1.29 is 24.9 Å². The first-order valence-electron chi connectivity index (χ1n) is 5.00. The Balaban J connectivity index is 2.36. The van der Waals surface area contributed by atoms with E-state index in [2.05, 4.69) is 0 Å². The second kappa shape index (κ2) is 3.59. The third-order valence-electron chi connectivity index (χ3n) is 3.04. The minimum Gasteiger partial charge on any atom is -0.478 e. The van der Waals surface area contributed by atoms with Crippen LogP contribution in [0.3, 0.4) is 0 Å². The number of rotatable bonds is 1. The van der Waals surface area contributed by atoms with Crippen LogP contribution in [-0.2, 0) is 9.53 Å². The van der Waals surface area contributed by atoms with E-state index < -0.39 is 23.8 Å². The molecule has 3 atom stereocenters. The van der Waals surface area contributed by atoms with Crippen LogP contribution in [0.4, 0.5) is 0 Å². The topological polar surface area (TPSA) is 87.0 Å². The summed E-state index contributed by atoms with van der Waals surface area (Å²) in [7, 11) is 0. The van der Waals surface area contributed by atoms with Crippen molar-refractivity contribution in [1.82, 2.24) is 0 Å². The van der Waals surface area contributed by atoms with E-state index in [0.717, 1.165) is 0 Å². The smallest absolute Gasteiger partial charge is 0.331 e. The van der Waals surface area contributed by atoms with Gasteiger partial charge in [-0.3, -0.25) is 0 Å². The average Bonchev–Trinajstić information content (AvgIpc) is 2.28. The van der Waals surface area contributed by atoms with E-state index in [1.165, 1.54) is 6.08 Å². The zero-order valence-electron chi connectivity index (χ0n) is 8.22. The predicted octanol–water partition coefficient (Wildman–Crippen LogP) is -0.328. The van der Waals surface area contributed by atoms with E-state index in [1.54, 1.807) is 0 Å². The number of hydrogen-bond donors (Lipinski definition) is 3. The van der Waals surface area contributed by atoms with Crippen LogP contribution in [0.25, 0.3) is 0 Å². The number of carboxylic acid groups (broad SMARTS) is 1. The van der Waals surface area contributed by atoms with Crippen molar-refractivity contribution in [2.45, 2.75) is 37.1 Å². The van der Waals surface area contributed by atoms with Crippen LogP contribution in [0.5, 0.6) is 0 Å². The third kappa shape index (κ3) is 1.78. The van der Waals surface area contributed by atoms with Crippen molar-refractivity contribution in [3.63, 3.8) is 0 Å².